The number of rotatable bonds is 0. The number of amides is 1. The van der Waals surface area contributed by atoms with E-state index in [1.165, 1.54) is 0 Å². The third-order valence-electron chi connectivity index (χ3n) is 5.30. The van der Waals surface area contributed by atoms with Gasteiger partial charge in [0.25, 0.3) is 0 Å². The van der Waals surface area contributed by atoms with Gasteiger partial charge in [0, 0.05) is 17.8 Å². The summed E-state index contributed by atoms with van der Waals surface area (Å²) < 4.78 is 18.7. The number of aromatic nitrogens is 3. The molecule has 2 aromatic heterocycles. The lowest BCUT2D eigenvalue weighted by molar-refractivity contribution is -0.125. The minimum atomic E-state index is -0.154. The van der Waals surface area contributed by atoms with E-state index in [-0.39, 0.29) is 12.5 Å². The molecule has 0 radical (unpaired) electrons. The van der Waals surface area contributed by atoms with Gasteiger partial charge >= 0.3 is 0 Å². The number of nitrogens with one attached hydrogen (secondary N) is 2. The average Bonchev–Trinajstić information content (AvgIpc) is 3.28. The Morgan fingerprint density at radius 1 is 0.853 bits per heavy atom. The third-order valence-corrected chi connectivity index (χ3v) is 5.30. The molecule has 2 aromatic carbocycles. The smallest absolute Gasteiger partial charge is 0.246 e. The van der Waals surface area contributed by atoms with E-state index in [9.17, 15) is 4.79 Å². The van der Waals surface area contributed by atoms with Crippen LogP contribution in [0, 0.1) is 0 Å². The number of anilines is 2. The van der Waals surface area contributed by atoms with Crippen LogP contribution in [0.4, 0.5) is 11.6 Å². The molecule has 0 spiro atoms. The molecule has 9 nitrogen and oxygen atoms in total. The molecule has 7 rings (SSSR count). The molecular formula is C25H25N5O4. The first-order valence-electron chi connectivity index (χ1n) is 11.2. The summed E-state index contributed by atoms with van der Waals surface area (Å²) in [5, 5.41) is 10.7. The number of benzene rings is 2. The maximum absolute atomic E-state index is 11.9. The molecule has 0 atom stereocenters. The van der Waals surface area contributed by atoms with Crippen LogP contribution in [0.3, 0.4) is 0 Å². The van der Waals surface area contributed by atoms with Crippen LogP contribution in [0.1, 0.15) is 6.42 Å². The fourth-order valence-corrected chi connectivity index (χ4v) is 3.59. The van der Waals surface area contributed by atoms with Gasteiger partial charge in [-0.1, -0.05) is 0 Å². The van der Waals surface area contributed by atoms with E-state index in [0.717, 1.165) is 34.0 Å². The highest BCUT2D eigenvalue weighted by Gasteiger charge is 2.09. The second-order valence-corrected chi connectivity index (χ2v) is 7.76. The lowest BCUT2D eigenvalue weighted by Crippen LogP contribution is -2.29. The van der Waals surface area contributed by atoms with E-state index in [1.807, 2.05) is 65.2 Å². The topological polar surface area (TPSA) is 99.0 Å². The van der Waals surface area contributed by atoms with E-state index in [0.29, 0.717) is 38.7 Å². The SMILES string of the molecule is O=C1COCCOc2ccc(cc2)-c2ccc3cnc(nn23)Nc2ccc(cc2)OCCCN1. The van der Waals surface area contributed by atoms with Crippen LogP contribution >= 0.6 is 0 Å². The van der Waals surface area contributed by atoms with Crippen LogP contribution in [-0.4, -0.2) is 53.5 Å². The summed E-state index contributed by atoms with van der Waals surface area (Å²) in [4.78, 5) is 16.3. The predicted octanol–water partition coefficient (Wildman–Crippen LogP) is 3.43. The maximum atomic E-state index is 11.9. The maximum Gasteiger partial charge on any atom is 0.246 e. The lowest BCUT2D eigenvalue weighted by Gasteiger charge is -2.11. The van der Waals surface area contributed by atoms with Crippen molar-refractivity contribution in [3.05, 3.63) is 66.9 Å². The first-order chi connectivity index (χ1) is 16.7. The minimum Gasteiger partial charge on any atom is -0.494 e. The molecule has 34 heavy (non-hydrogen) atoms. The van der Waals surface area contributed by atoms with E-state index in [2.05, 4.69) is 20.7 Å². The third kappa shape index (κ3) is 5.26. The van der Waals surface area contributed by atoms with Gasteiger partial charge in [-0.2, -0.15) is 0 Å². The molecule has 4 aromatic rings. The van der Waals surface area contributed by atoms with E-state index >= 15 is 0 Å². The van der Waals surface area contributed by atoms with Gasteiger partial charge in [0.15, 0.2) is 0 Å². The molecule has 0 fully saturated rings. The molecule has 6 bridgehead atoms. The Hall–Kier alpha value is -4.11. The van der Waals surface area contributed by atoms with Gasteiger partial charge in [-0.15, -0.1) is 5.10 Å². The van der Waals surface area contributed by atoms with Gasteiger partial charge in [0.05, 0.1) is 30.6 Å². The largest absolute Gasteiger partial charge is 0.494 e. The van der Waals surface area contributed by atoms with Crippen molar-refractivity contribution in [3.63, 3.8) is 0 Å². The number of carbonyl (C=O) groups is 1. The van der Waals surface area contributed by atoms with Crippen LogP contribution in [-0.2, 0) is 9.53 Å². The highest BCUT2D eigenvalue weighted by atomic mass is 16.5. The molecule has 0 unspecified atom stereocenters. The average molecular weight is 460 g/mol. The normalized spacial score (nSPS) is 15.2. The van der Waals surface area contributed by atoms with Gasteiger partial charge in [-0.25, -0.2) is 9.50 Å². The monoisotopic (exact) mass is 459 g/mol. The second kappa shape index (κ2) is 10.2. The first-order valence-corrected chi connectivity index (χ1v) is 11.2. The van der Waals surface area contributed by atoms with Gasteiger partial charge in [-0.05, 0) is 67.1 Å². The van der Waals surface area contributed by atoms with Crippen molar-refractivity contribution in [2.75, 3.05) is 38.3 Å². The number of ether oxygens (including phenoxy) is 3. The summed E-state index contributed by atoms with van der Waals surface area (Å²) in [6.45, 7) is 1.70. The summed E-state index contributed by atoms with van der Waals surface area (Å²) in [5.74, 6) is 1.82. The Morgan fingerprint density at radius 3 is 2.44 bits per heavy atom. The van der Waals surface area contributed by atoms with Crippen molar-refractivity contribution in [3.8, 4) is 22.8 Å². The molecular weight excluding hydrogens is 434 g/mol. The quantitative estimate of drug-likeness (QED) is 0.416. The number of carbonyl (C=O) groups excluding carboxylic acids is 1. The number of hydrogen-bond donors (Lipinski definition) is 2. The summed E-state index contributed by atoms with van der Waals surface area (Å²) in [7, 11) is 0. The van der Waals surface area contributed by atoms with Gasteiger partial charge in [0.1, 0.15) is 24.7 Å². The van der Waals surface area contributed by atoms with Crippen molar-refractivity contribution >= 4 is 23.1 Å². The molecule has 174 valence electrons. The number of nitrogens with zero attached hydrogens (tertiary/aromatic N) is 3. The zero-order valence-corrected chi connectivity index (χ0v) is 18.6. The van der Waals surface area contributed by atoms with E-state index < -0.39 is 0 Å². The number of fused-ring (bicyclic) bond motifs is 2. The zero-order chi connectivity index (χ0) is 23.2. The van der Waals surface area contributed by atoms with E-state index in [4.69, 9.17) is 14.2 Å². The number of hydrogen-bond acceptors (Lipinski definition) is 7. The standard InChI is InChI=1S/C25H25N5O4/c31-24-17-32-14-15-34-21-7-2-18(3-8-21)23-11-6-20-16-27-25(29-30(20)23)28-19-4-9-22(10-5-19)33-13-1-12-26-24/h2-11,16H,1,12-15,17H2,(H,26,31)(H,28,29). The van der Waals surface area contributed by atoms with Gasteiger partial charge < -0.3 is 24.8 Å². The van der Waals surface area contributed by atoms with Gasteiger partial charge in [-0.3, -0.25) is 4.79 Å². The molecule has 0 saturated carbocycles. The zero-order valence-electron chi connectivity index (χ0n) is 18.6. The molecule has 9 heteroatoms. The summed E-state index contributed by atoms with van der Waals surface area (Å²) in [6.07, 6.45) is 2.48. The minimum absolute atomic E-state index is 0.00273. The molecule has 1 amide bonds. The Bertz CT molecular complexity index is 1250. The Kier molecular flexibility index (Phi) is 6.53. The molecule has 3 aliphatic rings. The Morgan fingerprint density at radius 2 is 1.62 bits per heavy atom. The van der Waals surface area contributed by atoms with Crippen LogP contribution in [0.15, 0.2) is 66.9 Å². The second-order valence-electron chi connectivity index (χ2n) is 7.76. The Labute approximate surface area is 196 Å². The van der Waals surface area contributed by atoms with Crippen molar-refractivity contribution < 1.29 is 19.0 Å². The van der Waals surface area contributed by atoms with Crippen LogP contribution < -0.4 is 20.1 Å². The van der Waals surface area contributed by atoms with Crippen molar-refractivity contribution in [1.82, 2.24) is 19.9 Å². The summed E-state index contributed by atoms with van der Waals surface area (Å²) in [5.41, 5.74) is 3.69. The predicted molar refractivity (Wildman–Crippen MR) is 128 cm³/mol. The van der Waals surface area contributed by atoms with Crippen LogP contribution in [0.25, 0.3) is 16.8 Å². The highest BCUT2D eigenvalue weighted by Crippen LogP contribution is 2.25. The van der Waals surface area contributed by atoms with E-state index in [1.54, 1.807) is 6.20 Å². The van der Waals surface area contributed by atoms with Crippen LogP contribution in [0.2, 0.25) is 0 Å². The molecule has 5 heterocycles. The van der Waals surface area contributed by atoms with Crippen molar-refractivity contribution in [2.24, 2.45) is 0 Å². The summed E-state index contributed by atoms with van der Waals surface area (Å²) in [6, 6.07) is 19.4. The Balaban J connectivity index is 1.38. The molecule has 3 aliphatic heterocycles. The summed E-state index contributed by atoms with van der Waals surface area (Å²) >= 11 is 0. The fourth-order valence-electron chi connectivity index (χ4n) is 3.59. The fraction of sp³-hybridized carbons (Fsp3) is 0.240. The van der Waals surface area contributed by atoms with Crippen molar-refractivity contribution in [1.29, 1.82) is 0 Å². The molecule has 2 N–H and O–H groups in total. The lowest BCUT2D eigenvalue weighted by atomic mass is 10.1. The highest BCUT2D eigenvalue weighted by molar-refractivity contribution is 5.77. The van der Waals surface area contributed by atoms with Crippen molar-refractivity contribution in [2.45, 2.75) is 6.42 Å². The molecule has 0 aliphatic carbocycles. The first kappa shape index (κ1) is 21.7. The van der Waals surface area contributed by atoms with Gasteiger partial charge in [0.2, 0.25) is 11.9 Å². The molecule has 0 saturated heterocycles. The van der Waals surface area contributed by atoms with Crippen LogP contribution in [0.5, 0.6) is 11.5 Å².